The van der Waals surface area contributed by atoms with Crippen molar-refractivity contribution in [3.05, 3.63) is 69.5 Å². The van der Waals surface area contributed by atoms with Crippen molar-refractivity contribution in [1.29, 1.82) is 0 Å². The number of hydrogen-bond donors (Lipinski definition) is 1. The normalized spacial score (nSPS) is 17.5. The molecule has 0 aromatic heterocycles. The van der Waals surface area contributed by atoms with Crippen molar-refractivity contribution < 1.29 is 9.18 Å². The maximum Gasteiger partial charge on any atom is 0.326 e. The van der Waals surface area contributed by atoms with E-state index in [2.05, 4.69) is 30.1 Å². The fourth-order valence-electron chi connectivity index (χ4n) is 4.49. The average Bonchev–Trinajstić information content (AvgIpc) is 3.04. The Bertz CT molecular complexity index is 1030. The maximum atomic E-state index is 14.2. The summed E-state index contributed by atoms with van der Waals surface area (Å²) in [5, 5.41) is 3.71. The number of rotatable bonds is 3. The van der Waals surface area contributed by atoms with Crippen LogP contribution in [0.2, 0.25) is 10.0 Å². The topological polar surface area (TPSA) is 35.6 Å². The first-order chi connectivity index (χ1) is 14.8. The molecular formula is C24H26Cl2FN3O. The second-order valence-corrected chi connectivity index (χ2v) is 9.48. The smallest absolute Gasteiger partial charge is 0.307 e. The van der Waals surface area contributed by atoms with Gasteiger partial charge in [-0.3, -0.25) is 9.80 Å². The second-order valence-electron chi connectivity index (χ2n) is 8.67. The van der Waals surface area contributed by atoms with Gasteiger partial charge in [0.2, 0.25) is 0 Å². The van der Waals surface area contributed by atoms with E-state index < -0.39 is 0 Å². The molecule has 2 aromatic rings. The van der Waals surface area contributed by atoms with Crippen LogP contribution in [-0.4, -0.2) is 37.1 Å². The van der Waals surface area contributed by atoms with Crippen LogP contribution in [-0.2, 0) is 5.41 Å². The Labute approximate surface area is 192 Å². The summed E-state index contributed by atoms with van der Waals surface area (Å²) >= 11 is 12.1. The minimum absolute atomic E-state index is 0.228. The predicted octanol–water partition coefficient (Wildman–Crippen LogP) is 6.48. The molecule has 2 aliphatic heterocycles. The number of hydrogen-bond acceptors (Lipinski definition) is 2. The molecule has 1 saturated heterocycles. The SMILES string of the molecule is CC(C)=CCN1CCC2(CC1)CN(C(=O)Nc1ccc(Cl)c(Cl)c1)c1ccc(F)cc12. The predicted molar refractivity (Wildman–Crippen MR) is 126 cm³/mol. The number of carbonyl (C=O) groups is 1. The van der Waals surface area contributed by atoms with E-state index in [1.54, 1.807) is 35.2 Å². The fraction of sp³-hybridized carbons (Fsp3) is 0.375. The highest BCUT2D eigenvalue weighted by atomic mass is 35.5. The Morgan fingerprint density at radius 2 is 1.87 bits per heavy atom. The third-order valence-corrected chi connectivity index (χ3v) is 7.01. The standard InChI is InChI=1S/C24H26Cl2FN3O/c1-16(2)7-10-29-11-8-24(9-12-29)15-30(22-6-3-17(27)13-19(22)24)23(31)28-18-4-5-20(25)21(26)14-18/h3-7,13-14H,8-12,15H2,1-2H3,(H,28,31). The van der Waals surface area contributed by atoms with Crippen molar-refractivity contribution in [3.8, 4) is 0 Å². The molecule has 2 amide bonds. The van der Waals surface area contributed by atoms with Gasteiger partial charge in [0, 0.05) is 29.9 Å². The Kier molecular flexibility index (Phi) is 6.29. The molecule has 2 heterocycles. The number of halogens is 3. The van der Waals surface area contributed by atoms with Crippen LogP contribution < -0.4 is 10.2 Å². The lowest BCUT2D eigenvalue weighted by atomic mass is 9.74. The number of anilines is 2. The third-order valence-electron chi connectivity index (χ3n) is 6.27. The zero-order valence-electron chi connectivity index (χ0n) is 17.7. The molecule has 0 bridgehead atoms. The van der Waals surface area contributed by atoms with Crippen LogP contribution in [0.5, 0.6) is 0 Å². The molecule has 2 aliphatic rings. The van der Waals surface area contributed by atoms with Gasteiger partial charge in [-0.05, 0) is 81.7 Å². The molecule has 7 heteroatoms. The molecule has 1 fully saturated rings. The van der Waals surface area contributed by atoms with Crippen molar-refractivity contribution in [3.63, 3.8) is 0 Å². The zero-order valence-corrected chi connectivity index (χ0v) is 19.2. The molecule has 0 atom stereocenters. The largest absolute Gasteiger partial charge is 0.326 e. The summed E-state index contributed by atoms with van der Waals surface area (Å²) in [6.45, 7) is 7.51. The van der Waals surface area contributed by atoms with Gasteiger partial charge >= 0.3 is 6.03 Å². The van der Waals surface area contributed by atoms with Gasteiger partial charge in [0.05, 0.1) is 10.0 Å². The number of piperidine rings is 1. The van der Waals surface area contributed by atoms with Gasteiger partial charge < -0.3 is 5.32 Å². The second kappa shape index (κ2) is 8.81. The fourth-order valence-corrected chi connectivity index (χ4v) is 4.79. The lowest BCUT2D eigenvalue weighted by Gasteiger charge is -2.39. The molecule has 1 spiro atoms. The first-order valence-corrected chi connectivity index (χ1v) is 11.2. The van der Waals surface area contributed by atoms with Gasteiger partial charge in [0.25, 0.3) is 0 Å². The molecular weight excluding hydrogens is 436 g/mol. The van der Waals surface area contributed by atoms with Crippen LogP contribution in [0, 0.1) is 5.82 Å². The summed E-state index contributed by atoms with van der Waals surface area (Å²) in [5.74, 6) is -0.267. The van der Waals surface area contributed by atoms with E-state index in [9.17, 15) is 9.18 Å². The third kappa shape index (κ3) is 4.59. The van der Waals surface area contributed by atoms with Crippen molar-refractivity contribution in [1.82, 2.24) is 4.90 Å². The lowest BCUT2D eigenvalue weighted by Crippen LogP contribution is -2.46. The number of amides is 2. The van der Waals surface area contributed by atoms with E-state index >= 15 is 0 Å². The zero-order chi connectivity index (χ0) is 22.2. The first-order valence-electron chi connectivity index (χ1n) is 10.5. The van der Waals surface area contributed by atoms with Crippen LogP contribution >= 0.6 is 23.2 Å². The van der Waals surface area contributed by atoms with Crippen molar-refractivity contribution in [2.45, 2.75) is 32.1 Å². The van der Waals surface area contributed by atoms with Gasteiger partial charge in [-0.15, -0.1) is 0 Å². The molecule has 1 N–H and O–H groups in total. The number of nitrogens with zero attached hydrogens (tertiary/aromatic N) is 2. The summed E-state index contributed by atoms with van der Waals surface area (Å²) in [4.78, 5) is 17.3. The van der Waals surface area contributed by atoms with E-state index in [0.717, 1.165) is 43.7 Å². The number of likely N-dealkylation sites (tertiary alicyclic amines) is 1. The van der Waals surface area contributed by atoms with E-state index in [-0.39, 0.29) is 17.3 Å². The highest BCUT2D eigenvalue weighted by Gasteiger charge is 2.46. The van der Waals surface area contributed by atoms with E-state index in [4.69, 9.17) is 23.2 Å². The van der Waals surface area contributed by atoms with E-state index in [1.807, 2.05) is 0 Å². The molecule has 4 nitrogen and oxygen atoms in total. The summed E-state index contributed by atoms with van der Waals surface area (Å²) in [6.07, 6.45) is 4.00. The van der Waals surface area contributed by atoms with Crippen LogP contribution in [0.25, 0.3) is 0 Å². The van der Waals surface area contributed by atoms with Gasteiger partial charge in [0.15, 0.2) is 0 Å². The number of nitrogens with one attached hydrogen (secondary N) is 1. The molecule has 0 unspecified atom stereocenters. The number of urea groups is 1. The highest BCUT2D eigenvalue weighted by Crippen LogP contribution is 2.47. The molecule has 2 aromatic carbocycles. The average molecular weight is 462 g/mol. The van der Waals surface area contributed by atoms with Gasteiger partial charge in [-0.2, -0.15) is 0 Å². The minimum atomic E-state index is -0.267. The summed E-state index contributed by atoms with van der Waals surface area (Å²) < 4.78 is 14.2. The number of carbonyl (C=O) groups excluding carboxylic acids is 1. The lowest BCUT2D eigenvalue weighted by molar-refractivity contribution is 0.180. The van der Waals surface area contributed by atoms with Gasteiger partial charge in [0.1, 0.15) is 5.82 Å². The highest BCUT2D eigenvalue weighted by molar-refractivity contribution is 6.42. The Balaban J connectivity index is 1.55. The van der Waals surface area contributed by atoms with Crippen molar-refractivity contribution in [2.24, 2.45) is 0 Å². The summed E-state index contributed by atoms with van der Waals surface area (Å²) in [7, 11) is 0. The summed E-state index contributed by atoms with van der Waals surface area (Å²) in [6, 6.07) is 9.47. The van der Waals surface area contributed by atoms with Crippen molar-refractivity contribution >= 4 is 40.6 Å². The van der Waals surface area contributed by atoms with Crippen LogP contribution in [0.3, 0.4) is 0 Å². The van der Waals surface area contributed by atoms with Gasteiger partial charge in [-0.25, -0.2) is 9.18 Å². The Morgan fingerprint density at radius 3 is 2.55 bits per heavy atom. The monoisotopic (exact) mass is 461 g/mol. The molecule has 0 aliphatic carbocycles. The molecule has 31 heavy (non-hydrogen) atoms. The molecule has 4 rings (SSSR count). The van der Waals surface area contributed by atoms with Crippen LogP contribution in [0.15, 0.2) is 48.0 Å². The minimum Gasteiger partial charge on any atom is -0.307 e. The maximum absolute atomic E-state index is 14.2. The number of allylic oxidation sites excluding steroid dienone is 1. The Morgan fingerprint density at radius 1 is 1.13 bits per heavy atom. The molecule has 164 valence electrons. The van der Waals surface area contributed by atoms with E-state index in [0.29, 0.717) is 22.3 Å². The quantitative estimate of drug-likeness (QED) is 0.530. The van der Waals surface area contributed by atoms with Crippen molar-refractivity contribution in [2.75, 3.05) is 36.4 Å². The Hall–Kier alpha value is -2.08. The van der Waals surface area contributed by atoms with Crippen LogP contribution in [0.4, 0.5) is 20.6 Å². The molecule has 0 radical (unpaired) electrons. The number of benzene rings is 2. The van der Waals surface area contributed by atoms with Gasteiger partial charge in [-0.1, -0.05) is 34.9 Å². The van der Waals surface area contributed by atoms with E-state index in [1.165, 1.54) is 11.6 Å². The summed E-state index contributed by atoms with van der Waals surface area (Å²) in [5.41, 5.74) is 3.35. The number of fused-ring (bicyclic) bond motifs is 2. The first kappa shape index (κ1) is 22.1. The van der Waals surface area contributed by atoms with Crippen LogP contribution in [0.1, 0.15) is 32.3 Å². The molecule has 0 saturated carbocycles.